The van der Waals surface area contributed by atoms with Gasteiger partial charge >= 0.3 is 6.09 Å². The SMILES string of the molecule is CN(CCO)NC(=O)OCc1ccccc1. The van der Waals surface area contributed by atoms with Gasteiger partial charge in [-0.2, -0.15) is 0 Å². The fraction of sp³-hybridized carbons (Fsp3) is 0.364. The molecule has 1 amide bonds. The summed E-state index contributed by atoms with van der Waals surface area (Å²) in [5.41, 5.74) is 3.40. The van der Waals surface area contributed by atoms with Gasteiger partial charge in [-0.1, -0.05) is 30.3 Å². The summed E-state index contributed by atoms with van der Waals surface area (Å²) in [4.78, 5) is 11.2. The van der Waals surface area contributed by atoms with Gasteiger partial charge in [-0.05, 0) is 5.56 Å². The van der Waals surface area contributed by atoms with E-state index in [4.69, 9.17) is 9.84 Å². The van der Waals surface area contributed by atoms with E-state index in [1.54, 1.807) is 7.05 Å². The highest BCUT2D eigenvalue weighted by Crippen LogP contribution is 2.00. The Morgan fingerprint density at radius 3 is 2.75 bits per heavy atom. The average molecular weight is 224 g/mol. The number of nitrogens with zero attached hydrogens (tertiary/aromatic N) is 1. The maximum absolute atomic E-state index is 11.2. The molecule has 1 aromatic carbocycles. The minimum absolute atomic E-state index is 0.0184. The molecule has 0 fully saturated rings. The number of aliphatic hydroxyl groups excluding tert-OH is 1. The first kappa shape index (κ1) is 12.5. The quantitative estimate of drug-likeness (QED) is 0.725. The molecule has 0 saturated carbocycles. The lowest BCUT2D eigenvalue weighted by Crippen LogP contribution is -2.41. The second-order valence-electron chi connectivity index (χ2n) is 3.32. The van der Waals surface area contributed by atoms with E-state index >= 15 is 0 Å². The van der Waals surface area contributed by atoms with Gasteiger partial charge in [0.05, 0.1) is 6.61 Å². The van der Waals surface area contributed by atoms with E-state index in [0.29, 0.717) is 6.54 Å². The molecule has 0 unspecified atom stereocenters. The third kappa shape index (κ3) is 4.77. The van der Waals surface area contributed by atoms with Crippen molar-refractivity contribution in [3.05, 3.63) is 35.9 Å². The van der Waals surface area contributed by atoms with Crippen LogP contribution in [0, 0.1) is 0 Å². The Balaban J connectivity index is 2.25. The molecule has 2 N–H and O–H groups in total. The van der Waals surface area contributed by atoms with E-state index < -0.39 is 6.09 Å². The van der Waals surface area contributed by atoms with Crippen molar-refractivity contribution in [3.8, 4) is 0 Å². The van der Waals surface area contributed by atoms with Crippen molar-refractivity contribution in [3.63, 3.8) is 0 Å². The molecule has 1 rings (SSSR count). The van der Waals surface area contributed by atoms with Crippen LogP contribution in [0.4, 0.5) is 4.79 Å². The first-order valence-electron chi connectivity index (χ1n) is 5.01. The summed E-state index contributed by atoms with van der Waals surface area (Å²) in [6, 6.07) is 9.43. The number of hydrazine groups is 1. The number of rotatable bonds is 5. The summed E-state index contributed by atoms with van der Waals surface area (Å²) < 4.78 is 4.97. The first-order valence-corrected chi connectivity index (χ1v) is 5.01. The highest BCUT2D eigenvalue weighted by molar-refractivity contribution is 5.66. The number of carbonyl (C=O) groups is 1. The normalized spacial score (nSPS) is 10.2. The Morgan fingerprint density at radius 1 is 1.44 bits per heavy atom. The molecule has 0 bridgehead atoms. The molecule has 16 heavy (non-hydrogen) atoms. The third-order valence-electron chi connectivity index (χ3n) is 1.93. The van der Waals surface area contributed by atoms with E-state index in [2.05, 4.69) is 5.43 Å². The van der Waals surface area contributed by atoms with Crippen molar-refractivity contribution < 1.29 is 14.6 Å². The number of nitrogens with one attached hydrogen (secondary N) is 1. The molecule has 1 aromatic rings. The van der Waals surface area contributed by atoms with Crippen molar-refractivity contribution in [1.82, 2.24) is 10.4 Å². The largest absolute Gasteiger partial charge is 0.444 e. The fourth-order valence-corrected chi connectivity index (χ4v) is 1.12. The molecule has 0 aliphatic rings. The zero-order valence-corrected chi connectivity index (χ0v) is 9.22. The van der Waals surface area contributed by atoms with Crippen LogP contribution in [0.3, 0.4) is 0 Å². The highest BCUT2D eigenvalue weighted by Gasteiger charge is 2.05. The molecule has 5 nitrogen and oxygen atoms in total. The standard InChI is InChI=1S/C11H16N2O3/c1-13(7-8-14)12-11(15)16-9-10-5-3-2-4-6-10/h2-6,14H,7-9H2,1H3,(H,12,15). The summed E-state index contributed by atoms with van der Waals surface area (Å²) in [6.45, 7) is 0.579. The molecule has 0 aliphatic heterocycles. The highest BCUT2D eigenvalue weighted by atomic mass is 16.6. The number of aliphatic hydroxyl groups is 1. The van der Waals surface area contributed by atoms with Crippen molar-refractivity contribution in [2.24, 2.45) is 0 Å². The molecule has 5 heteroatoms. The second kappa shape index (κ2) is 6.81. The van der Waals surface area contributed by atoms with Gasteiger partial charge in [0, 0.05) is 13.6 Å². The Labute approximate surface area is 94.6 Å². The van der Waals surface area contributed by atoms with Gasteiger partial charge in [-0.3, -0.25) is 5.43 Å². The van der Waals surface area contributed by atoms with Crippen molar-refractivity contribution >= 4 is 6.09 Å². The molecular weight excluding hydrogens is 208 g/mol. The molecule has 88 valence electrons. The van der Waals surface area contributed by atoms with Gasteiger partial charge < -0.3 is 9.84 Å². The van der Waals surface area contributed by atoms with Gasteiger partial charge in [0.2, 0.25) is 0 Å². The smallest absolute Gasteiger partial charge is 0.422 e. The third-order valence-corrected chi connectivity index (χ3v) is 1.93. The van der Waals surface area contributed by atoms with Crippen LogP contribution in [0.25, 0.3) is 0 Å². The van der Waals surface area contributed by atoms with E-state index in [9.17, 15) is 4.79 Å². The molecule has 0 atom stereocenters. The lowest BCUT2D eigenvalue weighted by molar-refractivity contribution is 0.102. The Bertz CT molecular complexity index is 316. The number of amides is 1. The summed E-state index contributed by atoms with van der Waals surface area (Å²) in [5, 5.41) is 10.1. The minimum Gasteiger partial charge on any atom is -0.444 e. The van der Waals surface area contributed by atoms with Crippen LogP contribution < -0.4 is 5.43 Å². The topological polar surface area (TPSA) is 61.8 Å². The van der Waals surface area contributed by atoms with Crippen LogP contribution in [0.1, 0.15) is 5.56 Å². The van der Waals surface area contributed by atoms with Crippen LogP contribution in [-0.4, -0.2) is 36.4 Å². The molecular formula is C11H16N2O3. The molecule has 0 heterocycles. The lowest BCUT2D eigenvalue weighted by Gasteiger charge is -2.16. The molecule has 0 spiro atoms. The van der Waals surface area contributed by atoms with Crippen LogP contribution in [0.2, 0.25) is 0 Å². The number of carbonyl (C=O) groups excluding carboxylic acids is 1. The van der Waals surface area contributed by atoms with E-state index in [0.717, 1.165) is 5.56 Å². The minimum atomic E-state index is -0.528. The molecule has 0 aliphatic carbocycles. The number of ether oxygens (including phenoxy) is 1. The van der Waals surface area contributed by atoms with Crippen molar-refractivity contribution in [2.75, 3.05) is 20.2 Å². The van der Waals surface area contributed by atoms with Gasteiger partial charge in [0.1, 0.15) is 6.61 Å². The van der Waals surface area contributed by atoms with Crippen LogP contribution in [-0.2, 0) is 11.3 Å². The summed E-state index contributed by atoms with van der Waals surface area (Å²) in [5.74, 6) is 0. The molecule has 0 saturated heterocycles. The fourth-order valence-electron chi connectivity index (χ4n) is 1.12. The van der Waals surface area contributed by atoms with Gasteiger partial charge in [-0.15, -0.1) is 0 Å². The maximum Gasteiger partial charge on any atom is 0.422 e. The predicted octanol–water partition coefficient (Wildman–Crippen LogP) is 0.752. The number of hydrogen-bond donors (Lipinski definition) is 2. The van der Waals surface area contributed by atoms with Gasteiger partial charge in [0.15, 0.2) is 0 Å². The number of likely N-dealkylation sites (N-methyl/N-ethyl adjacent to an activating group) is 1. The van der Waals surface area contributed by atoms with E-state index in [1.165, 1.54) is 5.01 Å². The second-order valence-corrected chi connectivity index (χ2v) is 3.32. The van der Waals surface area contributed by atoms with Crippen molar-refractivity contribution in [2.45, 2.75) is 6.61 Å². The van der Waals surface area contributed by atoms with Gasteiger partial charge in [-0.25, -0.2) is 9.80 Å². The van der Waals surface area contributed by atoms with Crippen LogP contribution in [0.15, 0.2) is 30.3 Å². The first-order chi connectivity index (χ1) is 7.72. The van der Waals surface area contributed by atoms with Gasteiger partial charge in [0.25, 0.3) is 0 Å². The lowest BCUT2D eigenvalue weighted by atomic mass is 10.2. The Morgan fingerprint density at radius 2 is 2.12 bits per heavy atom. The maximum atomic E-state index is 11.2. The van der Waals surface area contributed by atoms with E-state index in [1.807, 2.05) is 30.3 Å². The zero-order chi connectivity index (χ0) is 11.8. The molecule has 0 aromatic heterocycles. The summed E-state index contributed by atoms with van der Waals surface area (Å²) in [6.07, 6.45) is -0.528. The monoisotopic (exact) mass is 224 g/mol. The number of hydrogen-bond acceptors (Lipinski definition) is 4. The Kier molecular flexibility index (Phi) is 5.31. The van der Waals surface area contributed by atoms with Crippen LogP contribution >= 0.6 is 0 Å². The molecule has 0 radical (unpaired) electrons. The number of benzene rings is 1. The zero-order valence-electron chi connectivity index (χ0n) is 9.22. The summed E-state index contributed by atoms with van der Waals surface area (Å²) in [7, 11) is 1.65. The summed E-state index contributed by atoms with van der Waals surface area (Å²) >= 11 is 0. The van der Waals surface area contributed by atoms with Crippen LogP contribution in [0.5, 0.6) is 0 Å². The average Bonchev–Trinajstić information content (AvgIpc) is 2.28. The predicted molar refractivity (Wildman–Crippen MR) is 59.5 cm³/mol. The van der Waals surface area contributed by atoms with Crippen molar-refractivity contribution in [1.29, 1.82) is 0 Å². The Hall–Kier alpha value is -1.59. The van der Waals surface area contributed by atoms with E-state index in [-0.39, 0.29) is 13.2 Å².